The molecule has 0 heterocycles. The summed E-state index contributed by atoms with van der Waals surface area (Å²) in [6, 6.07) is 0. The van der Waals surface area contributed by atoms with Crippen molar-refractivity contribution in [3.05, 3.63) is 12.7 Å². The molecule has 3 heteroatoms. The molecule has 0 aliphatic rings. The molecule has 0 saturated heterocycles. The molecule has 2 N–H and O–H groups in total. The smallest absolute Gasteiger partial charge is 0.183 e. The number of hydrogen-bond acceptors (Lipinski definition) is 2. The molecule has 0 saturated carbocycles. The molecule has 2 nitrogen and oxygen atoms in total. The van der Waals surface area contributed by atoms with Crippen molar-refractivity contribution >= 4 is 7.85 Å². The van der Waals surface area contributed by atoms with Gasteiger partial charge in [0.25, 0.3) is 0 Å². The highest BCUT2D eigenvalue weighted by molar-refractivity contribution is 6.14. The third-order valence-corrected chi connectivity index (χ3v) is 0.387. The Labute approximate surface area is 37.5 Å². The van der Waals surface area contributed by atoms with Gasteiger partial charge in [0, 0.05) is 0 Å². The lowest BCUT2D eigenvalue weighted by Gasteiger charge is -2.06. The minimum absolute atomic E-state index is 1.05. The second-order valence-corrected chi connectivity index (χ2v) is 1.30. The maximum atomic E-state index is 8.26. The Morgan fingerprint density at radius 3 is 1.83 bits per heavy atom. The van der Waals surface area contributed by atoms with Gasteiger partial charge < -0.3 is 10.2 Å². The van der Waals surface area contributed by atoms with Gasteiger partial charge in [0.15, 0.2) is 7.85 Å². The van der Waals surface area contributed by atoms with E-state index in [0.717, 1.165) is 6.08 Å². The van der Waals surface area contributed by atoms with Crippen molar-refractivity contribution in [2.24, 2.45) is 0 Å². The van der Waals surface area contributed by atoms with Crippen molar-refractivity contribution in [1.82, 2.24) is 0 Å². The first-order chi connectivity index (χ1) is 2.56. The second kappa shape index (κ2) is 1.45. The van der Waals surface area contributed by atoms with Crippen LogP contribution in [0.5, 0.6) is 0 Å². The molecule has 0 bridgehead atoms. The predicted molar refractivity (Wildman–Crippen MR) is 25.9 cm³/mol. The fourth-order valence-corrected chi connectivity index (χ4v) is 0. The summed E-state index contributed by atoms with van der Waals surface area (Å²) in [6.07, 6.45) is 1.05. The summed E-state index contributed by atoms with van der Waals surface area (Å²) in [5.74, 6) is 0. The van der Waals surface area contributed by atoms with Crippen LogP contribution >= 0.6 is 0 Å². The number of hydrogen-bond donors (Lipinski definition) is 2. The summed E-state index contributed by atoms with van der Waals surface area (Å²) in [5.41, 5.74) is -1.69. The summed E-state index contributed by atoms with van der Waals surface area (Å²) in [4.78, 5) is 0. The lowest BCUT2D eigenvalue weighted by atomic mass is 9.96. The van der Waals surface area contributed by atoms with Crippen LogP contribution in [-0.4, -0.2) is 23.7 Å². The molecular formula is C3H7BO2. The van der Waals surface area contributed by atoms with E-state index in [1.54, 1.807) is 0 Å². The highest BCUT2D eigenvalue weighted by Crippen LogP contribution is 1.87. The van der Waals surface area contributed by atoms with Crippen molar-refractivity contribution < 1.29 is 10.2 Å². The molecule has 0 amide bonds. The average Bonchev–Trinajstić information content (AvgIpc) is 1.35. The first kappa shape index (κ1) is 5.72. The van der Waals surface area contributed by atoms with Gasteiger partial charge in [0.1, 0.15) is 5.69 Å². The molecule has 0 aliphatic carbocycles. The summed E-state index contributed by atoms with van der Waals surface area (Å²) < 4.78 is 0. The van der Waals surface area contributed by atoms with Gasteiger partial charge in [0.05, 0.1) is 0 Å². The van der Waals surface area contributed by atoms with E-state index in [0.29, 0.717) is 0 Å². The quantitative estimate of drug-likeness (QED) is 0.230. The van der Waals surface area contributed by atoms with Crippen molar-refractivity contribution in [2.45, 2.75) is 5.69 Å². The summed E-state index contributed by atoms with van der Waals surface area (Å²) in [7, 11) is 1.24. The zero-order valence-corrected chi connectivity index (χ0v) is 3.68. The fourth-order valence-electron chi connectivity index (χ4n) is 0. The van der Waals surface area contributed by atoms with E-state index in [4.69, 9.17) is 10.2 Å². The van der Waals surface area contributed by atoms with Gasteiger partial charge in [-0.05, 0) is 6.08 Å². The van der Waals surface area contributed by atoms with Crippen molar-refractivity contribution in [3.8, 4) is 0 Å². The van der Waals surface area contributed by atoms with Gasteiger partial charge in [-0.3, -0.25) is 0 Å². The predicted octanol–water partition coefficient (Wildman–Crippen LogP) is -1.56. The first-order valence-corrected chi connectivity index (χ1v) is 1.64. The molecular weight excluding hydrogens is 78.8 g/mol. The Kier molecular flexibility index (Phi) is 1.38. The average molecular weight is 85.9 g/mol. The molecule has 0 radical (unpaired) electrons. The highest BCUT2D eigenvalue weighted by Gasteiger charge is 2.05. The monoisotopic (exact) mass is 86.1 g/mol. The van der Waals surface area contributed by atoms with Gasteiger partial charge in [0.2, 0.25) is 0 Å². The zero-order valence-electron chi connectivity index (χ0n) is 3.68. The molecule has 0 unspecified atom stereocenters. The van der Waals surface area contributed by atoms with Crippen LogP contribution in [0.4, 0.5) is 0 Å². The van der Waals surface area contributed by atoms with Crippen LogP contribution in [0.3, 0.4) is 0 Å². The maximum absolute atomic E-state index is 8.26. The van der Waals surface area contributed by atoms with Crippen LogP contribution in [0.2, 0.25) is 0 Å². The van der Waals surface area contributed by atoms with Crippen LogP contribution in [0.25, 0.3) is 0 Å². The number of rotatable bonds is 1. The Balaban J connectivity index is 3.45. The number of aliphatic hydroxyl groups is 2. The molecule has 0 rings (SSSR count). The van der Waals surface area contributed by atoms with E-state index in [9.17, 15) is 0 Å². The third kappa shape index (κ3) is 3.72. The van der Waals surface area contributed by atoms with Crippen molar-refractivity contribution in [3.63, 3.8) is 0 Å². The summed E-state index contributed by atoms with van der Waals surface area (Å²) in [5, 5.41) is 16.5. The van der Waals surface area contributed by atoms with Crippen LogP contribution in [0.1, 0.15) is 0 Å². The first-order valence-electron chi connectivity index (χ1n) is 1.64. The van der Waals surface area contributed by atoms with E-state index < -0.39 is 5.69 Å². The molecule has 0 fully saturated rings. The van der Waals surface area contributed by atoms with Crippen LogP contribution in [0.15, 0.2) is 12.7 Å². The Morgan fingerprint density at radius 2 is 1.83 bits per heavy atom. The lowest BCUT2D eigenvalue weighted by Crippen LogP contribution is -2.23. The van der Waals surface area contributed by atoms with E-state index in [2.05, 4.69) is 6.58 Å². The maximum Gasteiger partial charge on any atom is 0.183 e. The molecule has 0 atom stereocenters. The highest BCUT2D eigenvalue weighted by atomic mass is 16.5. The molecule has 0 spiro atoms. The van der Waals surface area contributed by atoms with Crippen LogP contribution < -0.4 is 0 Å². The summed E-state index contributed by atoms with van der Waals surface area (Å²) in [6.45, 7) is 3.13. The normalized spacial score (nSPS) is 11.0. The van der Waals surface area contributed by atoms with E-state index in [-0.39, 0.29) is 0 Å². The molecule has 6 heavy (non-hydrogen) atoms. The lowest BCUT2D eigenvalue weighted by molar-refractivity contribution is -0.0414. The molecule has 0 aliphatic heterocycles. The van der Waals surface area contributed by atoms with Crippen LogP contribution in [-0.2, 0) is 0 Å². The van der Waals surface area contributed by atoms with Gasteiger partial charge in [-0.1, -0.05) is 6.58 Å². The third-order valence-electron chi connectivity index (χ3n) is 0.387. The minimum atomic E-state index is -1.69. The van der Waals surface area contributed by atoms with Gasteiger partial charge in [-0.2, -0.15) is 0 Å². The standard InChI is InChI=1S/C3H7BO2/c1-2-3(4,5)6/h2,5-6H,1,4H2. The minimum Gasteiger partial charge on any atom is -0.371 e. The fraction of sp³-hybridized carbons (Fsp3) is 0.333. The molecule has 0 aromatic rings. The molecule has 34 valence electrons. The Bertz CT molecular complexity index is 54.3. The topological polar surface area (TPSA) is 40.5 Å². The van der Waals surface area contributed by atoms with Gasteiger partial charge in [-0.25, -0.2) is 0 Å². The molecule has 0 aromatic carbocycles. The van der Waals surface area contributed by atoms with E-state index in [1.165, 1.54) is 7.85 Å². The summed E-state index contributed by atoms with van der Waals surface area (Å²) >= 11 is 0. The van der Waals surface area contributed by atoms with Crippen molar-refractivity contribution in [2.75, 3.05) is 0 Å². The van der Waals surface area contributed by atoms with Crippen LogP contribution in [0, 0.1) is 0 Å². The van der Waals surface area contributed by atoms with E-state index >= 15 is 0 Å². The SMILES string of the molecule is BC(O)(O)C=C. The zero-order chi connectivity index (χ0) is 5.21. The Morgan fingerprint density at radius 1 is 1.67 bits per heavy atom. The largest absolute Gasteiger partial charge is 0.371 e. The second-order valence-electron chi connectivity index (χ2n) is 1.30. The van der Waals surface area contributed by atoms with Crippen molar-refractivity contribution in [1.29, 1.82) is 0 Å². The van der Waals surface area contributed by atoms with E-state index in [1.807, 2.05) is 0 Å². The Hall–Kier alpha value is -0.275. The van der Waals surface area contributed by atoms with Gasteiger partial charge in [-0.15, -0.1) is 0 Å². The van der Waals surface area contributed by atoms with Gasteiger partial charge >= 0.3 is 0 Å². The molecule has 0 aromatic heterocycles.